The molecule has 1 nitrogen and oxygen atoms in total. The molecule has 0 fully saturated rings. The quantitative estimate of drug-likeness (QED) is 0.521. The van der Waals surface area contributed by atoms with Crippen LogP contribution in [0.2, 0.25) is 0 Å². The van der Waals surface area contributed by atoms with Crippen molar-refractivity contribution in [2.45, 2.75) is 40.0 Å². The van der Waals surface area contributed by atoms with Gasteiger partial charge in [-0.2, -0.15) is 0 Å². The van der Waals surface area contributed by atoms with E-state index >= 15 is 0 Å². The van der Waals surface area contributed by atoms with E-state index in [1.54, 1.807) is 0 Å². The molecule has 0 aliphatic heterocycles. The molecule has 0 bridgehead atoms. The zero-order chi connectivity index (χ0) is 8.48. The summed E-state index contributed by atoms with van der Waals surface area (Å²) < 4.78 is 0. The predicted octanol–water partition coefficient (Wildman–Crippen LogP) is 2.71. The molecule has 11 heavy (non-hydrogen) atoms. The standard InChI is InChI=1S/C10H16O/c1-8-5-4-6-10(2,3)7-9(8)11/h5H,4,6-7H2,1-3H3. The van der Waals surface area contributed by atoms with Crippen LogP contribution in [-0.4, -0.2) is 5.78 Å². The lowest BCUT2D eigenvalue weighted by atomic mass is 9.84. The van der Waals surface area contributed by atoms with Gasteiger partial charge in [-0.1, -0.05) is 19.9 Å². The molecular weight excluding hydrogens is 136 g/mol. The van der Waals surface area contributed by atoms with E-state index in [1.165, 1.54) is 0 Å². The number of allylic oxidation sites excluding steroid dienone is 2. The first kappa shape index (κ1) is 8.51. The molecular formula is C10H16O. The topological polar surface area (TPSA) is 17.1 Å². The third-order valence-corrected chi connectivity index (χ3v) is 2.35. The Labute approximate surface area is 68.5 Å². The van der Waals surface area contributed by atoms with Gasteiger partial charge in [-0.05, 0) is 30.8 Å². The van der Waals surface area contributed by atoms with E-state index in [0.29, 0.717) is 5.78 Å². The van der Waals surface area contributed by atoms with Crippen molar-refractivity contribution in [2.24, 2.45) is 5.41 Å². The Morgan fingerprint density at radius 3 is 2.73 bits per heavy atom. The lowest BCUT2D eigenvalue weighted by Crippen LogP contribution is -2.14. The number of carbonyl (C=O) groups is 1. The van der Waals surface area contributed by atoms with Crippen molar-refractivity contribution in [1.29, 1.82) is 0 Å². The van der Waals surface area contributed by atoms with E-state index in [9.17, 15) is 4.79 Å². The van der Waals surface area contributed by atoms with Crippen molar-refractivity contribution in [3.8, 4) is 0 Å². The molecule has 1 aliphatic carbocycles. The Morgan fingerprint density at radius 1 is 1.45 bits per heavy atom. The second kappa shape index (κ2) is 2.80. The number of rotatable bonds is 0. The van der Waals surface area contributed by atoms with Crippen LogP contribution in [0.15, 0.2) is 11.6 Å². The summed E-state index contributed by atoms with van der Waals surface area (Å²) in [6.45, 7) is 6.25. The molecule has 0 aromatic heterocycles. The fourth-order valence-corrected chi connectivity index (χ4v) is 1.46. The molecule has 0 atom stereocenters. The lowest BCUT2D eigenvalue weighted by Gasteiger charge is -2.20. The number of hydrogen-bond acceptors (Lipinski definition) is 1. The third-order valence-electron chi connectivity index (χ3n) is 2.35. The number of carbonyl (C=O) groups excluding carboxylic acids is 1. The molecule has 0 N–H and O–H groups in total. The molecule has 0 unspecified atom stereocenters. The fourth-order valence-electron chi connectivity index (χ4n) is 1.46. The zero-order valence-electron chi connectivity index (χ0n) is 7.61. The van der Waals surface area contributed by atoms with Gasteiger partial charge in [0, 0.05) is 6.42 Å². The molecule has 1 heteroatoms. The monoisotopic (exact) mass is 152 g/mol. The van der Waals surface area contributed by atoms with Gasteiger partial charge in [0.1, 0.15) is 0 Å². The van der Waals surface area contributed by atoms with Crippen LogP contribution >= 0.6 is 0 Å². The van der Waals surface area contributed by atoms with Crippen LogP contribution in [0.5, 0.6) is 0 Å². The van der Waals surface area contributed by atoms with Crippen LogP contribution in [0.1, 0.15) is 40.0 Å². The molecule has 62 valence electrons. The third kappa shape index (κ3) is 2.18. The first-order chi connectivity index (χ1) is 5.01. The number of Topliss-reactive ketones (excluding diaryl/α,β-unsaturated/α-hetero) is 1. The summed E-state index contributed by atoms with van der Waals surface area (Å²) in [6, 6.07) is 0. The zero-order valence-corrected chi connectivity index (χ0v) is 7.61. The van der Waals surface area contributed by atoms with Gasteiger partial charge in [-0.25, -0.2) is 0 Å². The van der Waals surface area contributed by atoms with Crippen LogP contribution in [-0.2, 0) is 4.79 Å². The predicted molar refractivity (Wildman–Crippen MR) is 46.4 cm³/mol. The maximum absolute atomic E-state index is 11.4. The highest BCUT2D eigenvalue weighted by Gasteiger charge is 2.24. The minimum atomic E-state index is 0.214. The summed E-state index contributed by atoms with van der Waals surface area (Å²) in [7, 11) is 0. The molecule has 1 aliphatic rings. The molecule has 0 spiro atoms. The van der Waals surface area contributed by atoms with Crippen molar-refractivity contribution < 1.29 is 4.79 Å². The van der Waals surface area contributed by atoms with Crippen LogP contribution in [0.25, 0.3) is 0 Å². The summed E-state index contributed by atoms with van der Waals surface area (Å²) >= 11 is 0. The smallest absolute Gasteiger partial charge is 0.158 e. The van der Waals surface area contributed by atoms with E-state index in [2.05, 4.69) is 19.9 Å². The number of hydrogen-bond donors (Lipinski definition) is 0. The van der Waals surface area contributed by atoms with Gasteiger partial charge in [0.2, 0.25) is 0 Å². The van der Waals surface area contributed by atoms with Crippen molar-refractivity contribution >= 4 is 5.78 Å². The SMILES string of the molecule is CC1=CCCC(C)(C)CC1=O. The Balaban J connectivity index is 2.75. The van der Waals surface area contributed by atoms with Crippen molar-refractivity contribution in [3.05, 3.63) is 11.6 Å². The second-order valence-corrected chi connectivity index (χ2v) is 4.19. The fraction of sp³-hybridized carbons (Fsp3) is 0.700. The van der Waals surface area contributed by atoms with E-state index in [0.717, 1.165) is 24.8 Å². The van der Waals surface area contributed by atoms with Crippen LogP contribution < -0.4 is 0 Å². The maximum atomic E-state index is 11.4. The highest BCUT2D eigenvalue weighted by atomic mass is 16.1. The van der Waals surface area contributed by atoms with Crippen LogP contribution in [0, 0.1) is 5.41 Å². The van der Waals surface area contributed by atoms with Crippen LogP contribution in [0.4, 0.5) is 0 Å². The van der Waals surface area contributed by atoms with Crippen molar-refractivity contribution in [2.75, 3.05) is 0 Å². The Morgan fingerprint density at radius 2 is 2.09 bits per heavy atom. The van der Waals surface area contributed by atoms with E-state index in [1.807, 2.05) is 6.92 Å². The first-order valence-corrected chi connectivity index (χ1v) is 4.21. The van der Waals surface area contributed by atoms with Gasteiger partial charge in [0.05, 0.1) is 0 Å². The summed E-state index contributed by atoms with van der Waals surface area (Å²) in [6.07, 6.45) is 4.98. The average molecular weight is 152 g/mol. The minimum absolute atomic E-state index is 0.214. The van der Waals surface area contributed by atoms with E-state index in [4.69, 9.17) is 0 Å². The molecule has 0 aromatic rings. The molecule has 0 radical (unpaired) electrons. The van der Waals surface area contributed by atoms with Gasteiger partial charge in [0.25, 0.3) is 0 Å². The molecule has 0 saturated heterocycles. The van der Waals surface area contributed by atoms with Gasteiger partial charge in [-0.3, -0.25) is 4.79 Å². The van der Waals surface area contributed by atoms with E-state index in [-0.39, 0.29) is 5.41 Å². The molecule has 0 amide bonds. The van der Waals surface area contributed by atoms with Gasteiger partial charge in [-0.15, -0.1) is 0 Å². The molecule has 1 rings (SSSR count). The van der Waals surface area contributed by atoms with Crippen molar-refractivity contribution in [3.63, 3.8) is 0 Å². The Bertz CT molecular complexity index is 199. The van der Waals surface area contributed by atoms with Crippen molar-refractivity contribution in [1.82, 2.24) is 0 Å². The van der Waals surface area contributed by atoms with Gasteiger partial charge in [0.15, 0.2) is 5.78 Å². The normalized spacial score (nSPS) is 24.3. The first-order valence-electron chi connectivity index (χ1n) is 4.21. The minimum Gasteiger partial charge on any atom is -0.295 e. The summed E-state index contributed by atoms with van der Waals surface area (Å²) in [5.41, 5.74) is 1.17. The summed E-state index contributed by atoms with van der Waals surface area (Å²) in [5.74, 6) is 0.326. The maximum Gasteiger partial charge on any atom is 0.158 e. The summed E-state index contributed by atoms with van der Waals surface area (Å²) in [4.78, 5) is 11.4. The average Bonchev–Trinajstić information content (AvgIpc) is 1.93. The highest BCUT2D eigenvalue weighted by molar-refractivity contribution is 5.95. The van der Waals surface area contributed by atoms with Gasteiger partial charge >= 0.3 is 0 Å². The Hall–Kier alpha value is -0.590. The molecule has 0 saturated carbocycles. The van der Waals surface area contributed by atoms with Crippen LogP contribution in [0.3, 0.4) is 0 Å². The molecule has 0 aromatic carbocycles. The highest BCUT2D eigenvalue weighted by Crippen LogP contribution is 2.31. The lowest BCUT2D eigenvalue weighted by molar-refractivity contribution is -0.117. The second-order valence-electron chi connectivity index (χ2n) is 4.19. The Kier molecular flexibility index (Phi) is 2.17. The van der Waals surface area contributed by atoms with Gasteiger partial charge < -0.3 is 0 Å². The molecule has 0 heterocycles. The number of ketones is 1. The summed E-state index contributed by atoms with van der Waals surface area (Å²) in [5, 5.41) is 0. The largest absolute Gasteiger partial charge is 0.295 e. The van der Waals surface area contributed by atoms with E-state index < -0.39 is 0 Å².